The van der Waals surface area contributed by atoms with E-state index in [9.17, 15) is 13.2 Å². The number of benzene rings is 1. The van der Waals surface area contributed by atoms with Crippen LogP contribution in [-0.2, 0) is 19.6 Å². The molecule has 5 rings (SSSR count). The third-order valence-corrected chi connectivity index (χ3v) is 9.20. The van der Waals surface area contributed by atoms with Gasteiger partial charge >= 0.3 is 0 Å². The van der Waals surface area contributed by atoms with Gasteiger partial charge in [-0.1, -0.05) is 0 Å². The lowest BCUT2D eigenvalue weighted by molar-refractivity contribution is -0.119. The van der Waals surface area contributed by atoms with Gasteiger partial charge in [0.1, 0.15) is 11.9 Å². The number of carbonyl (C=O) groups is 1. The monoisotopic (exact) mass is 528 g/mol. The molecule has 3 aliphatic heterocycles. The van der Waals surface area contributed by atoms with Crippen molar-refractivity contribution >= 4 is 38.8 Å². The molecule has 11 heteroatoms. The molecule has 0 bridgehead atoms. The fourth-order valence-electron chi connectivity index (χ4n) is 5.45. The third kappa shape index (κ3) is 5.45. The number of anilines is 4. The van der Waals surface area contributed by atoms with Gasteiger partial charge in [-0.2, -0.15) is 0 Å². The number of likely N-dealkylation sites (tertiary alicyclic amines) is 1. The van der Waals surface area contributed by atoms with Gasteiger partial charge in [-0.25, -0.2) is 18.1 Å². The molecule has 0 aliphatic carbocycles. The molecule has 0 unspecified atom stereocenters. The molecule has 0 saturated carbocycles. The molecule has 0 radical (unpaired) electrons. The van der Waals surface area contributed by atoms with Crippen molar-refractivity contribution in [2.75, 3.05) is 55.5 Å². The second-order valence-corrected chi connectivity index (χ2v) is 11.9. The Kier molecular flexibility index (Phi) is 7.39. The number of likely N-dealkylation sites (N-methyl/N-ethyl adjacent to an activating group) is 1. The molecule has 1 aromatic heterocycles. The largest absolute Gasteiger partial charge is 0.381 e. The van der Waals surface area contributed by atoms with Crippen molar-refractivity contribution in [1.29, 1.82) is 0 Å². The van der Waals surface area contributed by atoms with E-state index in [-0.39, 0.29) is 28.9 Å². The van der Waals surface area contributed by atoms with Crippen molar-refractivity contribution in [2.24, 2.45) is 0 Å². The number of hydrogen-bond donors (Lipinski definition) is 2. The zero-order valence-electron chi connectivity index (χ0n) is 21.7. The minimum absolute atomic E-state index is 0.0372. The summed E-state index contributed by atoms with van der Waals surface area (Å²) < 4.78 is 34.2. The van der Waals surface area contributed by atoms with Crippen LogP contribution < -0.4 is 19.8 Å². The van der Waals surface area contributed by atoms with Crippen LogP contribution in [0.2, 0.25) is 0 Å². The summed E-state index contributed by atoms with van der Waals surface area (Å²) in [7, 11) is 0.252. The van der Waals surface area contributed by atoms with Crippen molar-refractivity contribution in [3.8, 4) is 0 Å². The topological polar surface area (TPSA) is 107 Å². The average molecular weight is 529 g/mol. The summed E-state index contributed by atoms with van der Waals surface area (Å²) in [5.74, 6) is 0.679. The van der Waals surface area contributed by atoms with E-state index < -0.39 is 10.0 Å². The maximum Gasteiger partial charge on any atom is 0.249 e. The number of piperidine rings is 1. The van der Waals surface area contributed by atoms with Crippen LogP contribution in [0.1, 0.15) is 32.6 Å². The number of carbonyl (C=O) groups excluding carboxylic acids is 1. The predicted octanol–water partition coefficient (Wildman–Crippen LogP) is 2.55. The van der Waals surface area contributed by atoms with Crippen LogP contribution in [0.15, 0.2) is 41.4 Å². The number of fused-ring (bicyclic) bond motifs is 1. The Morgan fingerprint density at radius 1 is 1.00 bits per heavy atom. The number of pyridine rings is 1. The highest BCUT2D eigenvalue weighted by Gasteiger charge is 2.38. The summed E-state index contributed by atoms with van der Waals surface area (Å²) in [6.45, 7) is 5.09. The van der Waals surface area contributed by atoms with Crippen LogP contribution in [-0.4, -0.2) is 82.7 Å². The van der Waals surface area contributed by atoms with Crippen LogP contribution in [0.25, 0.3) is 0 Å². The van der Waals surface area contributed by atoms with E-state index in [1.54, 1.807) is 42.4 Å². The molecule has 3 aliphatic rings. The molecule has 2 fully saturated rings. The van der Waals surface area contributed by atoms with E-state index in [1.165, 1.54) is 0 Å². The van der Waals surface area contributed by atoms with Gasteiger partial charge in [0.25, 0.3) is 0 Å². The standard InChI is InChI=1S/C26H36N6O4S/c1-18-26(33)31(3)24-17-27-25(16-23(24)32(18)21-10-14-36-15-11-21)28-19-4-6-22(7-5-19)37(34,35)29-20-8-12-30(2)13-9-20/h4-7,16-18,20-21,29H,8-15H2,1-3H3,(H,27,28)/t18-/m1/s1. The summed E-state index contributed by atoms with van der Waals surface area (Å²) >= 11 is 0. The first-order valence-corrected chi connectivity index (χ1v) is 14.4. The second kappa shape index (κ2) is 10.6. The number of amides is 1. The van der Waals surface area contributed by atoms with Gasteiger partial charge in [-0.05, 0) is 77.0 Å². The minimum Gasteiger partial charge on any atom is -0.381 e. The highest BCUT2D eigenvalue weighted by Crippen LogP contribution is 2.39. The Balaban J connectivity index is 1.33. The molecule has 2 aromatic rings. The summed E-state index contributed by atoms with van der Waals surface area (Å²) in [4.78, 5) is 23.8. The van der Waals surface area contributed by atoms with Gasteiger partial charge in [0.05, 0.1) is 22.5 Å². The second-order valence-electron chi connectivity index (χ2n) is 10.2. The van der Waals surface area contributed by atoms with Crippen molar-refractivity contribution in [1.82, 2.24) is 14.6 Å². The molecule has 1 amide bonds. The zero-order chi connectivity index (χ0) is 26.2. The van der Waals surface area contributed by atoms with Crippen molar-refractivity contribution in [3.63, 3.8) is 0 Å². The number of rotatable bonds is 6. The molecule has 2 N–H and O–H groups in total. The highest BCUT2D eigenvalue weighted by molar-refractivity contribution is 7.89. The lowest BCUT2D eigenvalue weighted by Crippen LogP contribution is -2.55. The van der Waals surface area contributed by atoms with Crippen LogP contribution in [0, 0.1) is 0 Å². The van der Waals surface area contributed by atoms with Gasteiger partial charge < -0.3 is 24.8 Å². The van der Waals surface area contributed by atoms with Crippen LogP contribution in [0.3, 0.4) is 0 Å². The normalized spacial score (nSPS) is 22.2. The molecule has 1 atom stereocenters. The number of nitrogens with one attached hydrogen (secondary N) is 2. The summed E-state index contributed by atoms with van der Waals surface area (Å²) in [5, 5.41) is 3.30. The quantitative estimate of drug-likeness (QED) is 0.589. The molecule has 2 saturated heterocycles. The van der Waals surface area contributed by atoms with Gasteiger partial charge in [0.15, 0.2) is 0 Å². The van der Waals surface area contributed by atoms with Crippen molar-refractivity contribution < 1.29 is 17.9 Å². The maximum atomic E-state index is 12.9. The van der Waals surface area contributed by atoms with E-state index in [0.717, 1.165) is 55.8 Å². The van der Waals surface area contributed by atoms with E-state index in [0.29, 0.717) is 19.0 Å². The fourth-order valence-corrected chi connectivity index (χ4v) is 6.76. The first-order chi connectivity index (χ1) is 17.7. The number of ether oxygens (including phenoxy) is 1. The van der Waals surface area contributed by atoms with Crippen molar-refractivity contribution in [2.45, 2.75) is 55.6 Å². The highest BCUT2D eigenvalue weighted by atomic mass is 32.2. The van der Waals surface area contributed by atoms with Crippen molar-refractivity contribution in [3.05, 3.63) is 36.5 Å². The summed E-state index contributed by atoms with van der Waals surface area (Å²) in [6.07, 6.45) is 5.08. The third-order valence-electron chi connectivity index (χ3n) is 7.67. The molecular weight excluding hydrogens is 492 g/mol. The lowest BCUT2D eigenvalue weighted by Gasteiger charge is -2.45. The number of sulfonamides is 1. The summed E-state index contributed by atoms with van der Waals surface area (Å²) in [6, 6.07) is 8.59. The summed E-state index contributed by atoms with van der Waals surface area (Å²) in [5.41, 5.74) is 2.47. The molecule has 10 nitrogen and oxygen atoms in total. The van der Waals surface area contributed by atoms with Gasteiger partial charge in [0, 0.05) is 44.1 Å². The molecule has 37 heavy (non-hydrogen) atoms. The molecule has 1 aromatic carbocycles. The molecule has 0 spiro atoms. The average Bonchev–Trinajstić information content (AvgIpc) is 2.90. The van der Waals surface area contributed by atoms with Gasteiger partial charge in [-0.3, -0.25) is 4.79 Å². The maximum absolute atomic E-state index is 12.9. The van der Waals surface area contributed by atoms with Crippen LogP contribution >= 0.6 is 0 Å². The van der Waals surface area contributed by atoms with E-state index in [1.807, 2.05) is 13.0 Å². The Morgan fingerprint density at radius 3 is 2.35 bits per heavy atom. The molecule has 200 valence electrons. The first kappa shape index (κ1) is 25.9. The van der Waals surface area contributed by atoms with Gasteiger partial charge in [-0.15, -0.1) is 0 Å². The van der Waals surface area contributed by atoms with Crippen LogP contribution in [0.4, 0.5) is 22.9 Å². The number of aromatic nitrogens is 1. The molecule has 4 heterocycles. The Morgan fingerprint density at radius 2 is 1.68 bits per heavy atom. The van der Waals surface area contributed by atoms with E-state index >= 15 is 0 Å². The van der Waals surface area contributed by atoms with E-state index in [4.69, 9.17) is 4.74 Å². The Labute approximate surface area is 219 Å². The molecular formula is C26H36N6O4S. The SMILES string of the molecule is C[C@@H]1C(=O)N(C)c2cnc(Nc3ccc(S(=O)(=O)NC4CCN(C)CC4)cc3)cc2N1C1CCOCC1. The smallest absolute Gasteiger partial charge is 0.249 e. The predicted molar refractivity (Wildman–Crippen MR) is 144 cm³/mol. The number of hydrogen-bond acceptors (Lipinski definition) is 8. The minimum atomic E-state index is -3.58. The van der Waals surface area contributed by atoms with E-state index in [2.05, 4.69) is 31.9 Å². The van der Waals surface area contributed by atoms with Crippen LogP contribution in [0.5, 0.6) is 0 Å². The Bertz CT molecular complexity index is 1220. The fraction of sp³-hybridized carbons (Fsp3) is 0.538. The Hall–Kier alpha value is -2.73. The zero-order valence-corrected chi connectivity index (χ0v) is 22.5. The number of nitrogens with zero attached hydrogens (tertiary/aromatic N) is 4. The lowest BCUT2D eigenvalue weighted by atomic mass is 10.00. The van der Waals surface area contributed by atoms with Gasteiger partial charge in [0.2, 0.25) is 15.9 Å². The first-order valence-electron chi connectivity index (χ1n) is 12.9.